The molecule has 0 bridgehead atoms. The van der Waals surface area contributed by atoms with Crippen LogP contribution in [0.15, 0.2) is 0 Å². The highest BCUT2D eigenvalue weighted by molar-refractivity contribution is 5.47. The SMILES string of the molecule is CCCCC(c1nnnn1C1CCCC1)N1CCN(c2nc(N3CCCC3)nc(N3CCCC3)n2)CC1. The average molecular weight is 510 g/mol. The molecule has 2 aromatic rings. The summed E-state index contributed by atoms with van der Waals surface area (Å²) in [7, 11) is 0. The molecule has 37 heavy (non-hydrogen) atoms. The van der Waals surface area contributed by atoms with E-state index in [1.54, 1.807) is 0 Å². The lowest BCUT2D eigenvalue weighted by Crippen LogP contribution is -2.49. The Labute approximate surface area is 220 Å². The van der Waals surface area contributed by atoms with Crippen molar-refractivity contribution >= 4 is 17.8 Å². The van der Waals surface area contributed by atoms with E-state index < -0.39 is 0 Å². The Morgan fingerprint density at radius 2 is 1.24 bits per heavy atom. The van der Waals surface area contributed by atoms with Gasteiger partial charge in [-0.25, -0.2) is 4.68 Å². The smallest absolute Gasteiger partial charge is 0.232 e. The first-order valence-electron chi connectivity index (χ1n) is 14.8. The summed E-state index contributed by atoms with van der Waals surface area (Å²) in [5.74, 6) is 3.65. The Morgan fingerprint density at radius 1 is 0.703 bits per heavy atom. The second-order valence-corrected chi connectivity index (χ2v) is 11.2. The molecule has 0 aromatic carbocycles. The van der Waals surface area contributed by atoms with Gasteiger partial charge in [0.1, 0.15) is 0 Å². The van der Waals surface area contributed by atoms with Crippen molar-refractivity contribution in [1.29, 1.82) is 0 Å². The Morgan fingerprint density at radius 3 is 1.78 bits per heavy atom. The van der Waals surface area contributed by atoms with Crippen LogP contribution in [0.3, 0.4) is 0 Å². The minimum absolute atomic E-state index is 0.274. The number of unbranched alkanes of at least 4 members (excludes halogenated alkanes) is 1. The molecule has 1 aliphatic carbocycles. The lowest BCUT2D eigenvalue weighted by atomic mass is 10.1. The van der Waals surface area contributed by atoms with Gasteiger partial charge in [0.05, 0.1) is 12.1 Å². The summed E-state index contributed by atoms with van der Waals surface area (Å²) in [5.41, 5.74) is 0. The molecule has 1 unspecified atom stereocenters. The maximum absolute atomic E-state index is 4.99. The normalized spacial score (nSPS) is 22.5. The average Bonchev–Trinajstić information content (AvgIpc) is 3.77. The van der Waals surface area contributed by atoms with Crippen molar-refractivity contribution in [3.63, 3.8) is 0 Å². The minimum atomic E-state index is 0.274. The van der Waals surface area contributed by atoms with E-state index in [9.17, 15) is 0 Å². The summed E-state index contributed by atoms with van der Waals surface area (Å²) >= 11 is 0. The van der Waals surface area contributed by atoms with Gasteiger partial charge in [-0.05, 0) is 55.4 Å². The molecule has 2 aromatic heterocycles. The fourth-order valence-corrected chi connectivity index (χ4v) is 6.54. The van der Waals surface area contributed by atoms with Crippen LogP contribution in [0.1, 0.15) is 95.5 Å². The van der Waals surface area contributed by atoms with Crippen molar-refractivity contribution in [2.24, 2.45) is 0 Å². The molecule has 202 valence electrons. The first-order chi connectivity index (χ1) is 18.3. The van der Waals surface area contributed by atoms with E-state index in [1.165, 1.54) is 64.2 Å². The zero-order valence-corrected chi connectivity index (χ0v) is 22.5. The van der Waals surface area contributed by atoms with E-state index in [-0.39, 0.29) is 6.04 Å². The fraction of sp³-hybridized carbons (Fsp3) is 0.846. The zero-order chi connectivity index (χ0) is 25.0. The lowest BCUT2D eigenvalue weighted by Gasteiger charge is -2.39. The fourth-order valence-electron chi connectivity index (χ4n) is 6.54. The molecule has 4 aliphatic rings. The van der Waals surface area contributed by atoms with Crippen LogP contribution in [-0.2, 0) is 0 Å². The van der Waals surface area contributed by atoms with Crippen LogP contribution in [0.2, 0.25) is 0 Å². The van der Waals surface area contributed by atoms with Crippen LogP contribution in [-0.4, -0.2) is 92.4 Å². The molecule has 0 spiro atoms. The molecule has 11 heteroatoms. The van der Waals surface area contributed by atoms with Crippen molar-refractivity contribution in [2.45, 2.75) is 89.6 Å². The number of rotatable bonds is 9. The summed E-state index contributed by atoms with van der Waals surface area (Å²) < 4.78 is 2.16. The van der Waals surface area contributed by atoms with E-state index in [0.29, 0.717) is 6.04 Å². The highest BCUT2D eigenvalue weighted by Crippen LogP contribution is 2.34. The van der Waals surface area contributed by atoms with Crippen LogP contribution < -0.4 is 14.7 Å². The molecule has 1 atom stereocenters. The van der Waals surface area contributed by atoms with Gasteiger partial charge in [0.25, 0.3) is 0 Å². The minimum Gasteiger partial charge on any atom is -0.341 e. The second kappa shape index (κ2) is 11.4. The Hall–Kier alpha value is -2.56. The monoisotopic (exact) mass is 509 g/mol. The van der Waals surface area contributed by atoms with Gasteiger partial charge >= 0.3 is 0 Å². The number of tetrazole rings is 1. The van der Waals surface area contributed by atoms with Crippen LogP contribution in [0, 0.1) is 0 Å². The summed E-state index contributed by atoms with van der Waals surface area (Å²) in [6.45, 7) is 10.2. The number of anilines is 3. The van der Waals surface area contributed by atoms with Gasteiger partial charge in [0.2, 0.25) is 17.8 Å². The predicted molar refractivity (Wildman–Crippen MR) is 144 cm³/mol. The van der Waals surface area contributed by atoms with Gasteiger partial charge in [-0.2, -0.15) is 15.0 Å². The third-order valence-electron chi connectivity index (χ3n) is 8.73. The molecule has 3 aliphatic heterocycles. The molecular formula is C26H43N11. The van der Waals surface area contributed by atoms with Crippen LogP contribution in [0.5, 0.6) is 0 Å². The Kier molecular flexibility index (Phi) is 7.66. The van der Waals surface area contributed by atoms with Gasteiger partial charge in [0, 0.05) is 52.4 Å². The van der Waals surface area contributed by atoms with Crippen molar-refractivity contribution < 1.29 is 0 Å². The molecule has 0 radical (unpaired) electrons. The Balaban J connectivity index is 1.19. The number of hydrogen-bond donors (Lipinski definition) is 0. The quantitative estimate of drug-likeness (QED) is 0.501. The summed E-state index contributed by atoms with van der Waals surface area (Å²) in [6, 6.07) is 0.741. The predicted octanol–water partition coefficient (Wildman–Crippen LogP) is 3.23. The van der Waals surface area contributed by atoms with Crippen molar-refractivity contribution in [1.82, 2.24) is 40.1 Å². The first-order valence-corrected chi connectivity index (χ1v) is 14.8. The maximum Gasteiger partial charge on any atom is 0.232 e. The number of aromatic nitrogens is 7. The van der Waals surface area contributed by atoms with E-state index in [2.05, 4.69) is 46.7 Å². The first kappa shape index (κ1) is 24.8. The van der Waals surface area contributed by atoms with Crippen molar-refractivity contribution in [3.8, 4) is 0 Å². The summed E-state index contributed by atoms with van der Waals surface area (Å²) in [4.78, 5) is 24.6. The van der Waals surface area contributed by atoms with E-state index in [0.717, 1.165) is 82.4 Å². The highest BCUT2D eigenvalue weighted by Gasteiger charge is 2.32. The van der Waals surface area contributed by atoms with Gasteiger partial charge in [-0.3, -0.25) is 4.90 Å². The van der Waals surface area contributed by atoms with Gasteiger partial charge in [-0.15, -0.1) is 5.10 Å². The van der Waals surface area contributed by atoms with Gasteiger partial charge in [-0.1, -0.05) is 32.6 Å². The van der Waals surface area contributed by atoms with E-state index >= 15 is 0 Å². The van der Waals surface area contributed by atoms with Crippen LogP contribution in [0.4, 0.5) is 17.8 Å². The third-order valence-corrected chi connectivity index (χ3v) is 8.73. The standard InChI is InChI=1S/C26H43N11/c1-2-3-12-22(23-30-31-32-37(23)21-10-4-5-11-21)33-17-19-36(20-18-33)26-28-24(34-13-6-7-14-34)27-25(29-26)35-15-8-9-16-35/h21-22H,2-20H2,1H3. The Bertz CT molecular complexity index is 965. The molecule has 5 heterocycles. The number of nitrogens with zero attached hydrogens (tertiary/aromatic N) is 11. The van der Waals surface area contributed by atoms with E-state index in [4.69, 9.17) is 15.0 Å². The molecular weight excluding hydrogens is 466 g/mol. The van der Waals surface area contributed by atoms with Crippen molar-refractivity contribution in [3.05, 3.63) is 5.82 Å². The molecule has 0 N–H and O–H groups in total. The molecule has 11 nitrogen and oxygen atoms in total. The molecule has 0 amide bonds. The largest absolute Gasteiger partial charge is 0.341 e. The van der Waals surface area contributed by atoms with Crippen molar-refractivity contribution in [2.75, 3.05) is 67.1 Å². The molecule has 3 saturated heterocycles. The maximum atomic E-state index is 4.99. The third kappa shape index (κ3) is 5.37. The lowest BCUT2D eigenvalue weighted by molar-refractivity contribution is 0.159. The van der Waals surface area contributed by atoms with Gasteiger partial charge < -0.3 is 14.7 Å². The summed E-state index contributed by atoms with van der Waals surface area (Å²) in [5, 5.41) is 13.2. The van der Waals surface area contributed by atoms with E-state index in [1.807, 2.05) is 0 Å². The molecule has 1 saturated carbocycles. The molecule has 4 fully saturated rings. The molecule has 6 rings (SSSR count). The van der Waals surface area contributed by atoms with Crippen LogP contribution >= 0.6 is 0 Å². The summed E-state index contributed by atoms with van der Waals surface area (Å²) in [6.07, 6.45) is 13.3. The number of piperazine rings is 1. The number of hydrogen-bond acceptors (Lipinski definition) is 10. The van der Waals surface area contributed by atoms with Crippen LogP contribution in [0.25, 0.3) is 0 Å². The second-order valence-electron chi connectivity index (χ2n) is 11.2. The van der Waals surface area contributed by atoms with Gasteiger partial charge in [0.15, 0.2) is 5.82 Å². The topological polar surface area (TPSA) is 95.2 Å². The zero-order valence-electron chi connectivity index (χ0n) is 22.5. The highest BCUT2D eigenvalue weighted by atomic mass is 15.6.